The molecule has 3 aromatic rings. The highest BCUT2D eigenvalue weighted by Crippen LogP contribution is 2.19. The predicted molar refractivity (Wildman–Crippen MR) is 84.0 cm³/mol. The van der Waals surface area contributed by atoms with E-state index in [2.05, 4.69) is 15.0 Å². The SMILES string of the molecule is COC(=O)c1ccc(NC(=O)c2cc3c(F)cccc3[nH]2)cc1. The van der Waals surface area contributed by atoms with E-state index in [1.807, 2.05) is 0 Å². The molecule has 2 N–H and O–H groups in total. The second-order valence-electron chi connectivity index (χ2n) is 4.91. The molecule has 0 bridgehead atoms. The number of carbonyl (C=O) groups excluding carboxylic acids is 2. The number of hydrogen-bond acceptors (Lipinski definition) is 3. The highest BCUT2D eigenvalue weighted by molar-refractivity contribution is 6.06. The van der Waals surface area contributed by atoms with Crippen LogP contribution in [0.5, 0.6) is 0 Å². The van der Waals surface area contributed by atoms with Crippen LogP contribution in [0.2, 0.25) is 0 Å². The molecule has 0 radical (unpaired) electrons. The van der Waals surface area contributed by atoms with Crippen LogP contribution in [0.3, 0.4) is 0 Å². The summed E-state index contributed by atoms with van der Waals surface area (Å²) in [5, 5.41) is 3.04. The smallest absolute Gasteiger partial charge is 0.337 e. The average Bonchev–Trinajstić information content (AvgIpc) is 3.00. The zero-order valence-electron chi connectivity index (χ0n) is 12.2. The molecule has 1 heterocycles. The van der Waals surface area contributed by atoms with Crippen LogP contribution < -0.4 is 5.32 Å². The van der Waals surface area contributed by atoms with Crippen molar-refractivity contribution in [3.8, 4) is 0 Å². The van der Waals surface area contributed by atoms with E-state index >= 15 is 0 Å². The molecule has 0 aliphatic heterocycles. The maximum atomic E-state index is 13.6. The van der Waals surface area contributed by atoms with Gasteiger partial charge in [-0.15, -0.1) is 0 Å². The lowest BCUT2D eigenvalue weighted by molar-refractivity contribution is 0.0600. The number of rotatable bonds is 3. The fourth-order valence-corrected chi connectivity index (χ4v) is 2.25. The summed E-state index contributed by atoms with van der Waals surface area (Å²) in [4.78, 5) is 26.4. The second kappa shape index (κ2) is 5.92. The summed E-state index contributed by atoms with van der Waals surface area (Å²) in [6.45, 7) is 0. The van der Waals surface area contributed by atoms with Crippen LogP contribution in [0.4, 0.5) is 10.1 Å². The van der Waals surface area contributed by atoms with Gasteiger partial charge in [0.25, 0.3) is 5.91 Å². The first-order valence-corrected chi connectivity index (χ1v) is 6.85. The Kier molecular flexibility index (Phi) is 3.80. The lowest BCUT2D eigenvalue weighted by Gasteiger charge is -2.04. The van der Waals surface area contributed by atoms with Gasteiger partial charge in [-0.05, 0) is 42.5 Å². The molecular weight excluding hydrogens is 299 g/mol. The minimum Gasteiger partial charge on any atom is -0.465 e. The number of amides is 1. The number of methoxy groups -OCH3 is 1. The molecule has 0 fully saturated rings. The quantitative estimate of drug-likeness (QED) is 0.729. The van der Waals surface area contributed by atoms with E-state index in [1.165, 1.54) is 19.2 Å². The molecule has 0 spiro atoms. The number of halogens is 1. The molecule has 23 heavy (non-hydrogen) atoms. The topological polar surface area (TPSA) is 71.2 Å². The molecule has 2 aromatic carbocycles. The molecule has 1 amide bonds. The zero-order chi connectivity index (χ0) is 16.4. The van der Waals surface area contributed by atoms with Crippen LogP contribution in [0.1, 0.15) is 20.8 Å². The molecule has 0 saturated carbocycles. The van der Waals surface area contributed by atoms with Gasteiger partial charge < -0.3 is 15.0 Å². The fraction of sp³-hybridized carbons (Fsp3) is 0.0588. The van der Waals surface area contributed by atoms with Crippen LogP contribution in [0.25, 0.3) is 10.9 Å². The largest absolute Gasteiger partial charge is 0.465 e. The highest BCUT2D eigenvalue weighted by Gasteiger charge is 2.12. The third-order valence-electron chi connectivity index (χ3n) is 3.42. The van der Waals surface area contributed by atoms with Gasteiger partial charge in [-0.25, -0.2) is 9.18 Å². The van der Waals surface area contributed by atoms with Gasteiger partial charge in [-0.1, -0.05) is 6.07 Å². The maximum Gasteiger partial charge on any atom is 0.337 e. The first-order chi connectivity index (χ1) is 11.1. The number of fused-ring (bicyclic) bond motifs is 1. The Hall–Kier alpha value is -3.15. The van der Waals surface area contributed by atoms with E-state index < -0.39 is 11.9 Å². The number of ether oxygens (including phenoxy) is 1. The van der Waals surface area contributed by atoms with Crippen molar-refractivity contribution in [3.63, 3.8) is 0 Å². The third kappa shape index (κ3) is 2.91. The molecule has 0 unspecified atom stereocenters. The number of esters is 1. The Morgan fingerprint density at radius 2 is 1.87 bits per heavy atom. The van der Waals surface area contributed by atoms with Gasteiger partial charge in [0.05, 0.1) is 12.7 Å². The Balaban J connectivity index is 1.80. The van der Waals surface area contributed by atoms with E-state index in [-0.39, 0.29) is 11.5 Å². The minimum atomic E-state index is -0.450. The number of hydrogen-bond donors (Lipinski definition) is 2. The average molecular weight is 312 g/mol. The van der Waals surface area contributed by atoms with Gasteiger partial charge in [0.1, 0.15) is 11.5 Å². The Bertz CT molecular complexity index is 884. The highest BCUT2D eigenvalue weighted by atomic mass is 19.1. The fourth-order valence-electron chi connectivity index (χ4n) is 2.25. The van der Waals surface area contributed by atoms with Crippen LogP contribution in [0, 0.1) is 5.82 Å². The van der Waals surface area contributed by atoms with Crippen molar-refractivity contribution in [3.05, 3.63) is 65.6 Å². The molecule has 0 aliphatic carbocycles. The van der Waals surface area contributed by atoms with Crippen molar-refractivity contribution in [1.82, 2.24) is 4.98 Å². The molecule has 116 valence electrons. The molecule has 0 aliphatic rings. The summed E-state index contributed by atoms with van der Waals surface area (Å²) in [5.41, 5.74) is 1.71. The maximum absolute atomic E-state index is 13.6. The summed E-state index contributed by atoms with van der Waals surface area (Å²) in [5.74, 6) is -1.24. The van der Waals surface area contributed by atoms with E-state index in [1.54, 1.807) is 36.4 Å². The van der Waals surface area contributed by atoms with Crippen molar-refractivity contribution in [2.75, 3.05) is 12.4 Å². The van der Waals surface area contributed by atoms with Gasteiger partial charge in [-0.3, -0.25) is 4.79 Å². The van der Waals surface area contributed by atoms with E-state index in [4.69, 9.17) is 0 Å². The normalized spacial score (nSPS) is 10.5. The van der Waals surface area contributed by atoms with Crippen LogP contribution in [0.15, 0.2) is 48.5 Å². The lowest BCUT2D eigenvalue weighted by atomic mass is 10.2. The van der Waals surface area contributed by atoms with Crippen LogP contribution in [-0.4, -0.2) is 24.0 Å². The van der Waals surface area contributed by atoms with E-state index in [9.17, 15) is 14.0 Å². The Labute approximate surface area is 131 Å². The lowest BCUT2D eigenvalue weighted by Crippen LogP contribution is -2.12. The number of nitrogens with one attached hydrogen (secondary N) is 2. The number of H-pyrrole nitrogens is 1. The first-order valence-electron chi connectivity index (χ1n) is 6.85. The summed E-state index contributed by atoms with van der Waals surface area (Å²) in [6, 6.07) is 12.3. The summed E-state index contributed by atoms with van der Waals surface area (Å²) >= 11 is 0. The molecule has 0 atom stereocenters. The van der Waals surface area contributed by atoms with Gasteiger partial charge in [-0.2, -0.15) is 0 Å². The predicted octanol–water partition coefficient (Wildman–Crippen LogP) is 3.35. The third-order valence-corrected chi connectivity index (χ3v) is 3.42. The molecule has 6 heteroatoms. The number of aromatic amines is 1. The molecule has 5 nitrogen and oxygen atoms in total. The number of anilines is 1. The van der Waals surface area contributed by atoms with E-state index in [0.717, 1.165) is 0 Å². The zero-order valence-corrected chi connectivity index (χ0v) is 12.2. The van der Waals surface area contributed by atoms with Crippen molar-refractivity contribution in [2.45, 2.75) is 0 Å². The second-order valence-corrected chi connectivity index (χ2v) is 4.91. The van der Waals surface area contributed by atoms with Crippen molar-refractivity contribution >= 4 is 28.5 Å². The Morgan fingerprint density at radius 1 is 1.13 bits per heavy atom. The van der Waals surface area contributed by atoms with E-state index in [0.29, 0.717) is 22.2 Å². The number of benzene rings is 2. The summed E-state index contributed by atoms with van der Waals surface area (Å²) in [7, 11) is 1.30. The van der Waals surface area contributed by atoms with Crippen molar-refractivity contribution in [1.29, 1.82) is 0 Å². The van der Waals surface area contributed by atoms with Crippen LogP contribution >= 0.6 is 0 Å². The van der Waals surface area contributed by atoms with Crippen molar-refractivity contribution < 1.29 is 18.7 Å². The van der Waals surface area contributed by atoms with Gasteiger partial charge in [0.15, 0.2) is 0 Å². The monoisotopic (exact) mass is 312 g/mol. The van der Waals surface area contributed by atoms with Crippen LogP contribution in [-0.2, 0) is 4.74 Å². The number of carbonyl (C=O) groups is 2. The Morgan fingerprint density at radius 3 is 2.52 bits per heavy atom. The number of aromatic nitrogens is 1. The van der Waals surface area contributed by atoms with Gasteiger partial charge in [0.2, 0.25) is 0 Å². The van der Waals surface area contributed by atoms with Gasteiger partial charge >= 0.3 is 5.97 Å². The molecule has 0 saturated heterocycles. The molecule has 1 aromatic heterocycles. The van der Waals surface area contributed by atoms with Gasteiger partial charge in [0, 0.05) is 16.6 Å². The summed E-state index contributed by atoms with van der Waals surface area (Å²) in [6.07, 6.45) is 0. The first kappa shape index (κ1) is 14.8. The molecule has 3 rings (SSSR count). The standard InChI is InChI=1S/C17H13FN2O3/c1-23-17(22)10-5-7-11(8-6-10)19-16(21)15-9-12-13(18)3-2-4-14(12)20-15/h2-9,20H,1H3,(H,19,21). The van der Waals surface area contributed by atoms with Crippen molar-refractivity contribution in [2.24, 2.45) is 0 Å². The summed E-state index contributed by atoms with van der Waals surface area (Å²) < 4.78 is 18.3. The molecular formula is C17H13FN2O3. The minimum absolute atomic E-state index is 0.252.